The Hall–Kier alpha value is -0.580. The van der Waals surface area contributed by atoms with Gasteiger partial charge in [0.25, 0.3) is 0 Å². The SMILES string of the molecule is CCSCC(Cc1ccccc1F)NN. The summed E-state index contributed by atoms with van der Waals surface area (Å²) in [6.45, 7) is 2.10. The second kappa shape index (κ2) is 6.82. The Morgan fingerprint density at radius 1 is 1.47 bits per heavy atom. The molecule has 0 aliphatic heterocycles. The third-order valence-corrected chi connectivity index (χ3v) is 3.23. The van der Waals surface area contributed by atoms with Crippen LogP contribution in [-0.4, -0.2) is 17.5 Å². The Balaban J connectivity index is 2.54. The number of rotatable bonds is 6. The highest BCUT2D eigenvalue weighted by atomic mass is 32.2. The molecule has 0 heterocycles. The van der Waals surface area contributed by atoms with Gasteiger partial charge in [0.1, 0.15) is 5.82 Å². The zero-order chi connectivity index (χ0) is 11.1. The van der Waals surface area contributed by atoms with Crippen molar-refractivity contribution in [2.24, 2.45) is 5.84 Å². The van der Waals surface area contributed by atoms with Gasteiger partial charge in [-0.05, 0) is 23.8 Å². The van der Waals surface area contributed by atoms with E-state index in [0.717, 1.165) is 17.1 Å². The van der Waals surface area contributed by atoms with Crippen LogP contribution in [0.3, 0.4) is 0 Å². The summed E-state index contributed by atoms with van der Waals surface area (Å²) >= 11 is 1.80. The first-order chi connectivity index (χ1) is 7.27. The lowest BCUT2D eigenvalue weighted by Gasteiger charge is -2.15. The topological polar surface area (TPSA) is 38.0 Å². The summed E-state index contributed by atoms with van der Waals surface area (Å²) in [4.78, 5) is 0. The van der Waals surface area contributed by atoms with Crippen LogP contribution in [0.1, 0.15) is 12.5 Å². The zero-order valence-corrected chi connectivity index (χ0v) is 9.69. The molecular formula is C11H17FN2S. The van der Waals surface area contributed by atoms with E-state index in [-0.39, 0.29) is 11.9 Å². The van der Waals surface area contributed by atoms with Crippen molar-refractivity contribution < 1.29 is 4.39 Å². The van der Waals surface area contributed by atoms with Crippen molar-refractivity contribution in [2.75, 3.05) is 11.5 Å². The molecule has 0 saturated heterocycles. The van der Waals surface area contributed by atoms with Crippen LogP contribution in [0.4, 0.5) is 4.39 Å². The van der Waals surface area contributed by atoms with E-state index in [1.165, 1.54) is 6.07 Å². The van der Waals surface area contributed by atoms with E-state index in [4.69, 9.17) is 5.84 Å². The molecule has 0 aromatic heterocycles. The summed E-state index contributed by atoms with van der Waals surface area (Å²) in [5.41, 5.74) is 3.44. The third-order valence-electron chi connectivity index (χ3n) is 2.18. The predicted octanol–water partition coefficient (Wildman–Crippen LogP) is 1.95. The van der Waals surface area contributed by atoms with Crippen LogP contribution >= 0.6 is 11.8 Å². The first-order valence-electron chi connectivity index (χ1n) is 5.05. The molecule has 4 heteroatoms. The van der Waals surface area contributed by atoms with E-state index in [0.29, 0.717) is 6.42 Å². The Morgan fingerprint density at radius 2 is 2.20 bits per heavy atom. The van der Waals surface area contributed by atoms with Crippen LogP contribution in [0.5, 0.6) is 0 Å². The minimum Gasteiger partial charge on any atom is -0.271 e. The molecule has 1 aromatic rings. The van der Waals surface area contributed by atoms with Crippen molar-refractivity contribution in [3.63, 3.8) is 0 Å². The lowest BCUT2D eigenvalue weighted by molar-refractivity contribution is 0.547. The fourth-order valence-electron chi connectivity index (χ4n) is 1.36. The lowest BCUT2D eigenvalue weighted by atomic mass is 10.1. The molecule has 0 spiro atoms. The molecule has 15 heavy (non-hydrogen) atoms. The van der Waals surface area contributed by atoms with E-state index in [1.54, 1.807) is 23.9 Å². The minimum atomic E-state index is -0.153. The number of nitrogens with one attached hydrogen (secondary N) is 1. The van der Waals surface area contributed by atoms with E-state index < -0.39 is 0 Å². The van der Waals surface area contributed by atoms with Crippen LogP contribution in [-0.2, 0) is 6.42 Å². The van der Waals surface area contributed by atoms with Gasteiger partial charge in [0.2, 0.25) is 0 Å². The largest absolute Gasteiger partial charge is 0.271 e. The first-order valence-corrected chi connectivity index (χ1v) is 6.20. The molecule has 0 bridgehead atoms. The van der Waals surface area contributed by atoms with Crippen molar-refractivity contribution in [1.29, 1.82) is 0 Å². The van der Waals surface area contributed by atoms with Gasteiger partial charge < -0.3 is 0 Å². The van der Waals surface area contributed by atoms with Crippen molar-refractivity contribution in [3.05, 3.63) is 35.6 Å². The monoisotopic (exact) mass is 228 g/mol. The smallest absolute Gasteiger partial charge is 0.126 e. The summed E-state index contributed by atoms with van der Waals surface area (Å²) in [5, 5.41) is 0. The van der Waals surface area contributed by atoms with Gasteiger partial charge in [-0.3, -0.25) is 11.3 Å². The Kier molecular flexibility index (Phi) is 5.68. The maximum atomic E-state index is 13.3. The molecule has 0 fully saturated rings. The molecule has 1 aromatic carbocycles. The standard InChI is InChI=1S/C11H17FN2S/c1-2-15-8-10(14-13)7-9-5-3-4-6-11(9)12/h3-6,10,14H,2,7-8,13H2,1H3. The molecule has 1 atom stereocenters. The van der Waals surface area contributed by atoms with E-state index in [2.05, 4.69) is 12.3 Å². The van der Waals surface area contributed by atoms with Crippen molar-refractivity contribution in [2.45, 2.75) is 19.4 Å². The molecule has 0 radical (unpaired) electrons. The van der Waals surface area contributed by atoms with Crippen LogP contribution in [0.15, 0.2) is 24.3 Å². The highest BCUT2D eigenvalue weighted by molar-refractivity contribution is 7.99. The second-order valence-electron chi connectivity index (χ2n) is 3.32. The summed E-state index contributed by atoms with van der Waals surface area (Å²) in [6.07, 6.45) is 0.635. The number of hydrogen-bond donors (Lipinski definition) is 2. The number of halogens is 1. The van der Waals surface area contributed by atoms with Crippen molar-refractivity contribution in [3.8, 4) is 0 Å². The highest BCUT2D eigenvalue weighted by Gasteiger charge is 2.09. The summed E-state index contributed by atoms with van der Waals surface area (Å²) in [7, 11) is 0. The lowest BCUT2D eigenvalue weighted by Crippen LogP contribution is -2.38. The molecule has 2 nitrogen and oxygen atoms in total. The number of hydrogen-bond acceptors (Lipinski definition) is 3. The Labute approximate surface area is 94.4 Å². The van der Waals surface area contributed by atoms with E-state index in [9.17, 15) is 4.39 Å². The fourth-order valence-corrected chi connectivity index (χ4v) is 2.09. The average molecular weight is 228 g/mol. The molecule has 0 amide bonds. The summed E-state index contributed by atoms with van der Waals surface area (Å²) in [6, 6.07) is 6.96. The highest BCUT2D eigenvalue weighted by Crippen LogP contribution is 2.11. The van der Waals surface area contributed by atoms with Crippen molar-refractivity contribution in [1.82, 2.24) is 5.43 Å². The molecule has 0 aliphatic rings. The van der Waals surface area contributed by atoms with Crippen LogP contribution in [0.2, 0.25) is 0 Å². The predicted molar refractivity (Wildman–Crippen MR) is 64.2 cm³/mol. The molecule has 3 N–H and O–H groups in total. The van der Waals surface area contributed by atoms with Gasteiger partial charge in [0, 0.05) is 11.8 Å². The van der Waals surface area contributed by atoms with Gasteiger partial charge in [-0.15, -0.1) is 0 Å². The summed E-state index contributed by atoms with van der Waals surface area (Å²) < 4.78 is 13.3. The van der Waals surface area contributed by atoms with Gasteiger partial charge in [-0.25, -0.2) is 4.39 Å². The molecular weight excluding hydrogens is 211 g/mol. The van der Waals surface area contributed by atoms with Crippen molar-refractivity contribution >= 4 is 11.8 Å². The normalized spacial score (nSPS) is 12.7. The van der Waals surface area contributed by atoms with Gasteiger partial charge in [-0.1, -0.05) is 25.1 Å². The Bertz CT molecular complexity index is 294. The second-order valence-corrected chi connectivity index (χ2v) is 4.64. The summed E-state index contributed by atoms with van der Waals surface area (Å²) in [5.74, 6) is 7.23. The number of hydrazine groups is 1. The first kappa shape index (κ1) is 12.5. The van der Waals surface area contributed by atoms with Gasteiger partial charge >= 0.3 is 0 Å². The number of benzene rings is 1. The zero-order valence-electron chi connectivity index (χ0n) is 8.87. The van der Waals surface area contributed by atoms with E-state index in [1.807, 2.05) is 6.07 Å². The minimum absolute atomic E-state index is 0.131. The maximum Gasteiger partial charge on any atom is 0.126 e. The van der Waals surface area contributed by atoms with Gasteiger partial charge in [-0.2, -0.15) is 11.8 Å². The molecule has 84 valence electrons. The molecule has 0 aliphatic carbocycles. The van der Waals surface area contributed by atoms with E-state index >= 15 is 0 Å². The maximum absolute atomic E-state index is 13.3. The fraction of sp³-hybridized carbons (Fsp3) is 0.455. The number of nitrogens with two attached hydrogens (primary N) is 1. The Morgan fingerprint density at radius 3 is 2.80 bits per heavy atom. The average Bonchev–Trinajstić information content (AvgIpc) is 2.26. The third kappa shape index (κ3) is 4.20. The molecule has 0 saturated carbocycles. The number of thioether (sulfide) groups is 1. The quantitative estimate of drug-likeness (QED) is 0.577. The van der Waals surface area contributed by atoms with Crippen LogP contribution in [0, 0.1) is 5.82 Å². The van der Waals surface area contributed by atoms with Crippen LogP contribution in [0.25, 0.3) is 0 Å². The van der Waals surface area contributed by atoms with Gasteiger partial charge in [0.05, 0.1) is 0 Å². The van der Waals surface area contributed by atoms with Crippen LogP contribution < -0.4 is 11.3 Å². The molecule has 1 rings (SSSR count). The van der Waals surface area contributed by atoms with Gasteiger partial charge in [0.15, 0.2) is 0 Å². The molecule has 1 unspecified atom stereocenters.